The number of nitrogens with zero attached hydrogens (tertiary/aromatic N) is 1. The number of hydrogen-bond acceptors (Lipinski definition) is 3. The van der Waals surface area contributed by atoms with Gasteiger partial charge in [-0.25, -0.2) is 4.79 Å². The van der Waals surface area contributed by atoms with E-state index in [1.165, 1.54) is 34.9 Å². The lowest BCUT2D eigenvalue weighted by molar-refractivity contribution is -0.141. The standard InChI is InChI=1S/C14H15Cl2NO3S/c1-2-3-12-17(11(7-21-12)14(19)20)13(18)8-4-9(15)6-10(16)5-8/h4-6,11-12H,2-3,7H2,1H3,(H,19,20). The van der Waals surface area contributed by atoms with Crippen LogP contribution in [0.4, 0.5) is 0 Å². The van der Waals surface area contributed by atoms with Crippen molar-refractivity contribution in [2.24, 2.45) is 0 Å². The van der Waals surface area contributed by atoms with Crippen molar-refractivity contribution in [1.29, 1.82) is 0 Å². The molecule has 1 aromatic carbocycles. The van der Waals surface area contributed by atoms with Crippen LogP contribution in [0.1, 0.15) is 30.1 Å². The minimum absolute atomic E-state index is 0.124. The Morgan fingerprint density at radius 2 is 1.95 bits per heavy atom. The summed E-state index contributed by atoms with van der Waals surface area (Å²) < 4.78 is 0. The minimum Gasteiger partial charge on any atom is -0.480 e. The lowest BCUT2D eigenvalue weighted by Gasteiger charge is -2.27. The van der Waals surface area contributed by atoms with E-state index in [1.807, 2.05) is 6.92 Å². The van der Waals surface area contributed by atoms with Crippen LogP contribution >= 0.6 is 35.0 Å². The Morgan fingerprint density at radius 3 is 2.48 bits per heavy atom. The van der Waals surface area contributed by atoms with Crippen LogP contribution in [0.2, 0.25) is 10.0 Å². The molecule has 1 amide bonds. The molecule has 1 aromatic rings. The van der Waals surface area contributed by atoms with E-state index in [0.29, 0.717) is 21.4 Å². The molecule has 4 nitrogen and oxygen atoms in total. The second kappa shape index (κ2) is 6.90. The van der Waals surface area contributed by atoms with E-state index in [4.69, 9.17) is 23.2 Å². The van der Waals surface area contributed by atoms with E-state index >= 15 is 0 Å². The van der Waals surface area contributed by atoms with Gasteiger partial charge in [-0.05, 0) is 24.6 Å². The van der Waals surface area contributed by atoms with E-state index in [2.05, 4.69) is 0 Å². The highest BCUT2D eigenvalue weighted by atomic mass is 35.5. The van der Waals surface area contributed by atoms with Crippen molar-refractivity contribution in [3.8, 4) is 0 Å². The molecule has 1 saturated heterocycles. The van der Waals surface area contributed by atoms with Crippen molar-refractivity contribution in [2.45, 2.75) is 31.2 Å². The zero-order chi connectivity index (χ0) is 15.6. The number of halogens is 2. The van der Waals surface area contributed by atoms with Gasteiger partial charge in [-0.1, -0.05) is 36.5 Å². The Kier molecular flexibility index (Phi) is 5.41. The Labute approximate surface area is 137 Å². The molecule has 2 atom stereocenters. The number of carboxylic acids is 1. The van der Waals surface area contributed by atoms with Gasteiger partial charge in [-0.2, -0.15) is 0 Å². The van der Waals surface area contributed by atoms with Crippen LogP contribution in [0, 0.1) is 0 Å². The minimum atomic E-state index is -0.984. The quantitative estimate of drug-likeness (QED) is 0.900. The first-order valence-corrected chi connectivity index (χ1v) is 8.37. The highest BCUT2D eigenvalue weighted by molar-refractivity contribution is 8.00. The summed E-state index contributed by atoms with van der Waals surface area (Å²) in [6.07, 6.45) is 1.64. The predicted molar refractivity (Wildman–Crippen MR) is 85.2 cm³/mol. The molecule has 2 unspecified atom stereocenters. The molecule has 0 spiro atoms. The molecular formula is C14H15Cl2NO3S. The molecule has 114 valence electrons. The largest absolute Gasteiger partial charge is 0.480 e. The van der Waals surface area contributed by atoms with Crippen molar-refractivity contribution < 1.29 is 14.7 Å². The molecule has 0 saturated carbocycles. The van der Waals surface area contributed by atoms with Crippen LogP contribution in [-0.2, 0) is 4.79 Å². The number of carbonyl (C=O) groups is 2. The first-order chi connectivity index (χ1) is 9.93. The van der Waals surface area contributed by atoms with E-state index in [-0.39, 0.29) is 11.3 Å². The molecule has 1 fully saturated rings. The molecule has 1 aliphatic rings. The van der Waals surface area contributed by atoms with Crippen molar-refractivity contribution in [3.05, 3.63) is 33.8 Å². The van der Waals surface area contributed by atoms with Gasteiger partial charge in [0.15, 0.2) is 0 Å². The number of benzene rings is 1. The van der Waals surface area contributed by atoms with E-state index < -0.39 is 12.0 Å². The van der Waals surface area contributed by atoms with Crippen molar-refractivity contribution in [3.63, 3.8) is 0 Å². The van der Waals surface area contributed by atoms with Crippen molar-refractivity contribution >= 4 is 46.8 Å². The molecule has 0 aliphatic carbocycles. The first-order valence-electron chi connectivity index (χ1n) is 6.57. The first kappa shape index (κ1) is 16.5. The van der Waals surface area contributed by atoms with E-state index in [9.17, 15) is 14.7 Å². The molecule has 1 heterocycles. The summed E-state index contributed by atoms with van der Waals surface area (Å²) in [5, 5.41) is 9.91. The predicted octanol–water partition coefficient (Wildman–Crippen LogP) is 3.76. The van der Waals surface area contributed by atoms with Crippen LogP contribution < -0.4 is 0 Å². The smallest absolute Gasteiger partial charge is 0.327 e. The maximum Gasteiger partial charge on any atom is 0.327 e. The summed E-state index contributed by atoms with van der Waals surface area (Å²) in [4.78, 5) is 25.5. The van der Waals surface area contributed by atoms with Gasteiger partial charge in [-0.15, -0.1) is 11.8 Å². The lowest BCUT2D eigenvalue weighted by Crippen LogP contribution is -2.45. The Hall–Kier alpha value is -0.910. The molecule has 21 heavy (non-hydrogen) atoms. The van der Waals surface area contributed by atoms with Crippen LogP contribution in [0.5, 0.6) is 0 Å². The highest BCUT2D eigenvalue weighted by Crippen LogP contribution is 2.34. The average Bonchev–Trinajstić information content (AvgIpc) is 2.81. The Morgan fingerprint density at radius 1 is 1.33 bits per heavy atom. The van der Waals surface area contributed by atoms with Gasteiger partial charge in [0.25, 0.3) is 5.91 Å². The number of thioether (sulfide) groups is 1. The Balaban J connectivity index is 2.34. The Bertz CT molecular complexity index is 547. The fraction of sp³-hybridized carbons (Fsp3) is 0.429. The number of rotatable bonds is 4. The summed E-state index contributed by atoms with van der Waals surface area (Å²) in [5.41, 5.74) is 0.322. The summed E-state index contributed by atoms with van der Waals surface area (Å²) in [6.45, 7) is 2.01. The molecule has 1 N–H and O–H groups in total. The van der Waals surface area contributed by atoms with Gasteiger partial charge in [0.05, 0.1) is 5.37 Å². The van der Waals surface area contributed by atoms with Crippen LogP contribution in [0.15, 0.2) is 18.2 Å². The second-order valence-electron chi connectivity index (χ2n) is 4.80. The monoisotopic (exact) mass is 347 g/mol. The number of amides is 1. The lowest BCUT2D eigenvalue weighted by atomic mass is 10.1. The average molecular weight is 348 g/mol. The maximum atomic E-state index is 12.7. The maximum absolute atomic E-state index is 12.7. The van der Waals surface area contributed by atoms with E-state index in [1.54, 1.807) is 0 Å². The fourth-order valence-electron chi connectivity index (χ4n) is 2.32. The van der Waals surface area contributed by atoms with Gasteiger partial charge >= 0.3 is 5.97 Å². The highest BCUT2D eigenvalue weighted by Gasteiger charge is 2.41. The number of carbonyl (C=O) groups excluding carboxylic acids is 1. The molecule has 2 rings (SSSR count). The zero-order valence-electron chi connectivity index (χ0n) is 11.4. The summed E-state index contributed by atoms with van der Waals surface area (Å²) >= 11 is 13.3. The molecule has 1 aliphatic heterocycles. The SMILES string of the molecule is CCCC1SCC(C(=O)O)N1C(=O)c1cc(Cl)cc(Cl)c1. The van der Waals surface area contributed by atoms with Crippen LogP contribution in [-0.4, -0.2) is 39.1 Å². The summed E-state index contributed by atoms with van der Waals surface area (Å²) in [7, 11) is 0. The molecule has 7 heteroatoms. The van der Waals surface area contributed by atoms with E-state index in [0.717, 1.165) is 12.8 Å². The second-order valence-corrected chi connectivity index (χ2v) is 6.88. The van der Waals surface area contributed by atoms with Crippen molar-refractivity contribution in [1.82, 2.24) is 4.90 Å². The molecule has 0 radical (unpaired) electrons. The topological polar surface area (TPSA) is 57.6 Å². The molecule has 0 bridgehead atoms. The van der Waals surface area contributed by atoms with Gasteiger partial charge in [-0.3, -0.25) is 4.79 Å². The summed E-state index contributed by atoms with van der Waals surface area (Å²) in [6, 6.07) is 3.76. The molecular weight excluding hydrogens is 333 g/mol. The number of hydrogen-bond donors (Lipinski definition) is 1. The number of carboxylic acid groups (broad SMARTS) is 1. The van der Waals surface area contributed by atoms with Crippen LogP contribution in [0.25, 0.3) is 0 Å². The van der Waals surface area contributed by atoms with Crippen molar-refractivity contribution in [2.75, 3.05) is 5.75 Å². The zero-order valence-corrected chi connectivity index (χ0v) is 13.7. The number of aliphatic carboxylic acids is 1. The van der Waals surface area contributed by atoms with Gasteiger partial charge < -0.3 is 10.0 Å². The molecule has 0 aromatic heterocycles. The third kappa shape index (κ3) is 3.65. The van der Waals surface area contributed by atoms with Gasteiger partial charge in [0.2, 0.25) is 0 Å². The third-order valence-corrected chi connectivity index (χ3v) is 5.05. The fourth-order valence-corrected chi connectivity index (χ4v) is 4.36. The van der Waals surface area contributed by atoms with Gasteiger partial charge in [0, 0.05) is 21.4 Å². The summed E-state index contributed by atoms with van der Waals surface area (Å²) in [5.74, 6) is -0.919. The normalized spacial score (nSPS) is 21.6. The third-order valence-electron chi connectivity index (χ3n) is 3.26. The van der Waals surface area contributed by atoms with Crippen LogP contribution in [0.3, 0.4) is 0 Å². The van der Waals surface area contributed by atoms with Gasteiger partial charge in [0.1, 0.15) is 6.04 Å².